The lowest BCUT2D eigenvalue weighted by Crippen LogP contribution is -2.14. The van der Waals surface area contributed by atoms with E-state index in [0.717, 1.165) is 30.0 Å². The molecule has 110 valence electrons. The second-order valence-electron chi connectivity index (χ2n) is 4.87. The first-order chi connectivity index (χ1) is 10.2. The first-order valence-electron chi connectivity index (χ1n) is 7.11. The van der Waals surface area contributed by atoms with Gasteiger partial charge in [0.1, 0.15) is 11.9 Å². The van der Waals surface area contributed by atoms with Crippen LogP contribution in [0.3, 0.4) is 0 Å². The lowest BCUT2D eigenvalue weighted by atomic mass is 10.2. The molecule has 0 aliphatic heterocycles. The second kappa shape index (κ2) is 5.51. The fraction of sp³-hybridized carbons (Fsp3) is 0.429. The van der Waals surface area contributed by atoms with E-state index >= 15 is 0 Å². The maximum Gasteiger partial charge on any atom is 0.249 e. The van der Waals surface area contributed by atoms with Crippen molar-refractivity contribution in [3.05, 3.63) is 35.7 Å². The molecule has 7 nitrogen and oxygen atoms in total. The van der Waals surface area contributed by atoms with Crippen LogP contribution in [0, 0.1) is 6.92 Å². The van der Waals surface area contributed by atoms with Gasteiger partial charge in [0, 0.05) is 17.8 Å². The maximum absolute atomic E-state index is 5.27. The summed E-state index contributed by atoms with van der Waals surface area (Å²) in [6.07, 6.45) is 3.44. The number of nitrogens with zero attached hydrogens (tertiary/aromatic N) is 5. The van der Waals surface area contributed by atoms with Gasteiger partial charge in [-0.15, -0.1) is 0 Å². The van der Waals surface area contributed by atoms with Gasteiger partial charge in [0.2, 0.25) is 5.89 Å². The Kier molecular flexibility index (Phi) is 3.55. The minimum atomic E-state index is -0.0503. The van der Waals surface area contributed by atoms with Crippen LogP contribution < -0.4 is 5.32 Å². The molecule has 0 unspecified atom stereocenters. The van der Waals surface area contributed by atoms with E-state index in [1.165, 1.54) is 0 Å². The molecule has 1 N–H and O–H groups in total. The molecule has 3 rings (SSSR count). The average Bonchev–Trinajstić information content (AvgIpc) is 3.12. The SMILES string of the molecule is CCc1cc(N[C@H](CC)c2nc(C)no2)n2nccc2n1. The van der Waals surface area contributed by atoms with E-state index in [9.17, 15) is 0 Å². The van der Waals surface area contributed by atoms with Crippen molar-refractivity contribution in [2.75, 3.05) is 5.32 Å². The van der Waals surface area contributed by atoms with Crippen LogP contribution in [0.25, 0.3) is 5.65 Å². The molecule has 21 heavy (non-hydrogen) atoms. The third kappa shape index (κ3) is 2.58. The van der Waals surface area contributed by atoms with Crippen LogP contribution in [0.15, 0.2) is 22.9 Å². The van der Waals surface area contributed by atoms with Gasteiger partial charge in [-0.25, -0.2) is 4.98 Å². The molecule has 0 fully saturated rings. The Morgan fingerprint density at radius 1 is 1.33 bits per heavy atom. The van der Waals surface area contributed by atoms with E-state index in [0.29, 0.717) is 11.7 Å². The molecule has 0 radical (unpaired) electrons. The molecule has 1 atom stereocenters. The van der Waals surface area contributed by atoms with Gasteiger partial charge < -0.3 is 9.84 Å². The number of hydrogen-bond donors (Lipinski definition) is 1. The smallest absolute Gasteiger partial charge is 0.249 e. The lowest BCUT2D eigenvalue weighted by molar-refractivity contribution is 0.356. The van der Waals surface area contributed by atoms with Crippen molar-refractivity contribution in [3.8, 4) is 0 Å². The summed E-state index contributed by atoms with van der Waals surface area (Å²) in [5, 5.41) is 11.6. The minimum Gasteiger partial charge on any atom is -0.358 e. The summed E-state index contributed by atoms with van der Waals surface area (Å²) < 4.78 is 7.05. The van der Waals surface area contributed by atoms with Crippen molar-refractivity contribution >= 4 is 11.5 Å². The third-order valence-corrected chi connectivity index (χ3v) is 3.35. The van der Waals surface area contributed by atoms with Gasteiger partial charge in [0.15, 0.2) is 11.5 Å². The average molecular weight is 286 g/mol. The van der Waals surface area contributed by atoms with Gasteiger partial charge in [-0.1, -0.05) is 19.0 Å². The summed E-state index contributed by atoms with van der Waals surface area (Å²) in [6.45, 7) is 5.96. The van der Waals surface area contributed by atoms with E-state index in [4.69, 9.17) is 4.52 Å². The normalized spacial score (nSPS) is 12.7. The summed E-state index contributed by atoms with van der Waals surface area (Å²) in [5.74, 6) is 2.10. The molecule has 0 aliphatic carbocycles. The number of nitrogens with one attached hydrogen (secondary N) is 1. The van der Waals surface area contributed by atoms with E-state index in [1.54, 1.807) is 10.7 Å². The van der Waals surface area contributed by atoms with E-state index in [-0.39, 0.29) is 6.04 Å². The van der Waals surface area contributed by atoms with Crippen LogP contribution in [0.1, 0.15) is 43.7 Å². The van der Waals surface area contributed by atoms with Gasteiger partial charge in [0.05, 0.1) is 6.20 Å². The number of rotatable bonds is 5. The van der Waals surface area contributed by atoms with Crippen molar-refractivity contribution in [3.63, 3.8) is 0 Å². The van der Waals surface area contributed by atoms with E-state index in [2.05, 4.69) is 39.4 Å². The van der Waals surface area contributed by atoms with Crippen molar-refractivity contribution in [2.24, 2.45) is 0 Å². The Morgan fingerprint density at radius 2 is 2.19 bits per heavy atom. The molecular weight excluding hydrogens is 268 g/mol. The molecule has 0 aliphatic rings. The molecule has 0 spiro atoms. The molecule has 0 bridgehead atoms. The zero-order valence-corrected chi connectivity index (χ0v) is 12.4. The molecular formula is C14H18N6O. The van der Waals surface area contributed by atoms with Crippen LogP contribution in [0.5, 0.6) is 0 Å². The molecule has 3 aromatic heterocycles. The summed E-state index contributed by atoms with van der Waals surface area (Å²) in [5.41, 5.74) is 1.84. The highest BCUT2D eigenvalue weighted by molar-refractivity contribution is 5.49. The molecule has 0 saturated heterocycles. The lowest BCUT2D eigenvalue weighted by Gasteiger charge is -2.15. The van der Waals surface area contributed by atoms with Crippen molar-refractivity contribution in [1.29, 1.82) is 0 Å². The molecule has 3 aromatic rings. The van der Waals surface area contributed by atoms with Crippen molar-refractivity contribution < 1.29 is 4.52 Å². The number of anilines is 1. The molecule has 0 aromatic carbocycles. The van der Waals surface area contributed by atoms with Crippen LogP contribution in [0.4, 0.5) is 5.82 Å². The summed E-state index contributed by atoms with van der Waals surface area (Å²) in [6, 6.07) is 3.85. The predicted octanol–water partition coefficient (Wildman–Crippen LogP) is 2.55. The van der Waals surface area contributed by atoms with Gasteiger partial charge >= 0.3 is 0 Å². The highest BCUT2D eigenvalue weighted by Crippen LogP contribution is 2.22. The van der Waals surface area contributed by atoms with Crippen molar-refractivity contribution in [2.45, 2.75) is 39.7 Å². The Labute approximate surface area is 122 Å². The quantitative estimate of drug-likeness (QED) is 0.776. The standard InChI is InChI=1S/C14H18N6O/c1-4-10-8-13(20-12(17-10)6-7-15-20)18-11(5-2)14-16-9(3)19-21-14/h6-8,11,18H,4-5H2,1-3H3/t11-/m1/s1. The van der Waals surface area contributed by atoms with E-state index in [1.807, 2.05) is 19.1 Å². The Balaban J connectivity index is 1.97. The van der Waals surface area contributed by atoms with Gasteiger partial charge in [0.25, 0.3) is 0 Å². The fourth-order valence-electron chi connectivity index (χ4n) is 2.22. The van der Waals surface area contributed by atoms with Crippen LogP contribution in [-0.2, 0) is 6.42 Å². The maximum atomic E-state index is 5.27. The Morgan fingerprint density at radius 3 is 2.86 bits per heavy atom. The minimum absolute atomic E-state index is 0.0503. The summed E-state index contributed by atoms with van der Waals surface area (Å²) in [7, 11) is 0. The first-order valence-corrected chi connectivity index (χ1v) is 7.11. The number of hydrogen-bond acceptors (Lipinski definition) is 6. The number of fused-ring (bicyclic) bond motifs is 1. The monoisotopic (exact) mass is 286 g/mol. The number of aromatic nitrogens is 5. The summed E-state index contributed by atoms with van der Waals surface area (Å²) >= 11 is 0. The van der Waals surface area contributed by atoms with Crippen LogP contribution >= 0.6 is 0 Å². The molecule has 0 amide bonds. The van der Waals surface area contributed by atoms with Crippen molar-refractivity contribution in [1.82, 2.24) is 24.7 Å². The van der Waals surface area contributed by atoms with Gasteiger partial charge in [-0.2, -0.15) is 14.6 Å². The van der Waals surface area contributed by atoms with Gasteiger partial charge in [-0.3, -0.25) is 0 Å². The third-order valence-electron chi connectivity index (χ3n) is 3.35. The highest BCUT2D eigenvalue weighted by atomic mass is 16.5. The Hall–Kier alpha value is -2.44. The first kappa shape index (κ1) is 13.5. The zero-order valence-electron chi connectivity index (χ0n) is 12.4. The topological polar surface area (TPSA) is 81.1 Å². The molecule has 7 heteroatoms. The fourth-order valence-corrected chi connectivity index (χ4v) is 2.22. The summed E-state index contributed by atoms with van der Waals surface area (Å²) in [4.78, 5) is 8.84. The van der Waals surface area contributed by atoms with Crippen LogP contribution in [-0.4, -0.2) is 24.7 Å². The van der Waals surface area contributed by atoms with Gasteiger partial charge in [-0.05, 0) is 19.8 Å². The Bertz CT molecular complexity index is 747. The molecule has 3 heterocycles. The van der Waals surface area contributed by atoms with E-state index < -0.39 is 0 Å². The predicted molar refractivity (Wildman–Crippen MR) is 78.1 cm³/mol. The number of aryl methyl sites for hydroxylation is 2. The highest BCUT2D eigenvalue weighted by Gasteiger charge is 2.18. The van der Waals surface area contributed by atoms with Crippen LogP contribution in [0.2, 0.25) is 0 Å². The second-order valence-corrected chi connectivity index (χ2v) is 4.87. The largest absolute Gasteiger partial charge is 0.358 e. The zero-order chi connectivity index (χ0) is 14.8. The molecule has 0 saturated carbocycles.